The molecule has 24 heavy (non-hydrogen) atoms. The number of carbonyl (C=O) groups is 2. The summed E-state index contributed by atoms with van der Waals surface area (Å²) in [6, 6.07) is 17.5. The molecule has 0 heterocycles. The standard InChI is InChI=1S/C21H21BrO2/c22-17-12-10-16(11-13-17)21(24)14-19(15-6-2-1-3-7-15)18-8-4-5-9-20(18)23/h1-3,6-7,10-13,18-19H,4-5,8-9,14H2/t18-,19+/m0/s1. The summed E-state index contributed by atoms with van der Waals surface area (Å²) in [6.45, 7) is 0. The van der Waals surface area contributed by atoms with E-state index >= 15 is 0 Å². The maximum Gasteiger partial charge on any atom is 0.163 e. The Labute approximate surface area is 151 Å². The summed E-state index contributed by atoms with van der Waals surface area (Å²) in [7, 11) is 0. The van der Waals surface area contributed by atoms with Gasteiger partial charge in [0.05, 0.1) is 0 Å². The fourth-order valence-electron chi connectivity index (χ4n) is 3.58. The predicted molar refractivity (Wildman–Crippen MR) is 99.2 cm³/mol. The lowest BCUT2D eigenvalue weighted by Gasteiger charge is -2.29. The number of carbonyl (C=O) groups excluding carboxylic acids is 2. The van der Waals surface area contributed by atoms with Crippen molar-refractivity contribution in [1.82, 2.24) is 0 Å². The molecule has 1 fully saturated rings. The molecule has 0 unspecified atom stereocenters. The third-order valence-corrected chi connectivity index (χ3v) is 5.42. The highest BCUT2D eigenvalue weighted by Crippen LogP contribution is 2.37. The van der Waals surface area contributed by atoms with Crippen LogP contribution in [0.1, 0.15) is 53.9 Å². The van der Waals surface area contributed by atoms with E-state index in [9.17, 15) is 9.59 Å². The first-order chi connectivity index (χ1) is 11.6. The SMILES string of the molecule is O=C(C[C@H](c1ccccc1)[C@@H]1CCCCC1=O)c1ccc(Br)cc1. The monoisotopic (exact) mass is 384 g/mol. The van der Waals surface area contributed by atoms with Gasteiger partial charge in [-0.3, -0.25) is 9.59 Å². The molecule has 124 valence electrons. The Morgan fingerprint density at radius 3 is 2.42 bits per heavy atom. The normalized spacial score (nSPS) is 19.0. The number of benzene rings is 2. The first-order valence-corrected chi connectivity index (χ1v) is 9.31. The third-order valence-electron chi connectivity index (χ3n) is 4.89. The Morgan fingerprint density at radius 2 is 1.75 bits per heavy atom. The molecule has 2 aromatic rings. The smallest absolute Gasteiger partial charge is 0.163 e. The molecule has 2 nitrogen and oxygen atoms in total. The summed E-state index contributed by atoms with van der Waals surface area (Å²) < 4.78 is 0.959. The molecule has 1 aliphatic rings. The van der Waals surface area contributed by atoms with Crippen LogP contribution in [0.5, 0.6) is 0 Å². The number of Topliss-reactive ketones (excluding diaryl/α,β-unsaturated/α-hetero) is 2. The van der Waals surface area contributed by atoms with Crippen molar-refractivity contribution in [2.75, 3.05) is 0 Å². The molecule has 0 radical (unpaired) electrons. The van der Waals surface area contributed by atoms with E-state index in [1.807, 2.05) is 54.6 Å². The second-order valence-corrected chi connectivity index (χ2v) is 7.39. The van der Waals surface area contributed by atoms with Crippen LogP contribution >= 0.6 is 15.9 Å². The second kappa shape index (κ2) is 7.89. The van der Waals surface area contributed by atoms with Gasteiger partial charge in [0, 0.05) is 34.7 Å². The van der Waals surface area contributed by atoms with Crippen molar-refractivity contribution < 1.29 is 9.59 Å². The molecular weight excluding hydrogens is 364 g/mol. The number of hydrogen-bond acceptors (Lipinski definition) is 2. The van der Waals surface area contributed by atoms with Gasteiger partial charge in [-0.1, -0.05) is 64.8 Å². The quantitative estimate of drug-likeness (QED) is 0.631. The summed E-state index contributed by atoms with van der Waals surface area (Å²) in [5.74, 6) is 0.379. The molecule has 0 spiro atoms. The Morgan fingerprint density at radius 1 is 1.04 bits per heavy atom. The van der Waals surface area contributed by atoms with Crippen molar-refractivity contribution in [2.45, 2.75) is 38.0 Å². The maximum atomic E-state index is 12.8. The van der Waals surface area contributed by atoms with Crippen LogP contribution in [0.3, 0.4) is 0 Å². The van der Waals surface area contributed by atoms with E-state index in [2.05, 4.69) is 15.9 Å². The number of rotatable bonds is 5. The highest BCUT2D eigenvalue weighted by atomic mass is 79.9. The van der Waals surface area contributed by atoms with Gasteiger partial charge >= 0.3 is 0 Å². The molecule has 0 N–H and O–H groups in total. The molecule has 1 aliphatic carbocycles. The summed E-state index contributed by atoms with van der Waals surface area (Å²) in [4.78, 5) is 25.2. The molecule has 2 atom stereocenters. The average Bonchev–Trinajstić information content (AvgIpc) is 2.61. The Bertz CT molecular complexity index is 706. The largest absolute Gasteiger partial charge is 0.299 e. The molecule has 1 saturated carbocycles. The minimum Gasteiger partial charge on any atom is -0.299 e. The fourth-order valence-corrected chi connectivity index (χ4v) is 3.85. The van der Waals surface area contributed by atoms with Crippen molar-refractivity contribution in [1.29, 1.82) is 0 Å². The van der Waals surface area contributed by atoms with Crippen molar-refractivity contribution >= 4 is 27.5 Å². The fraction of sp³-hybridized carbons (Fsp3) is 0.333. The molecule has 3 heteroatoms. The van der Waals surface area contributed by atoms with E-state index in [0.29, 0.717) is 24.2 Å². The zero-order valence-corrected chi connectivity index (χ0v) is 15.2. The van der Waals surface area contributed by atoms with E-state index < -0.39 is 0 Å². The molecule has 0 saturated heterocycles. The van der Waals surface area contributed by atoms with Crippen molar-refractivity contribution in [3.05, 3.63) is 70.2 Å². The molecule has 0 aromatic heterocycles. The van der Waals surface area contributed by atoms with Gasteiger partial charge in [-0.15, -0.1) is 0 Å². The Kier molecular flexibility index (Phi) is 5.62. The van der Waals surface area contributed by atoms with Crippen molar-refractivity contribution in [2.24, 2.45) is 5.92 Å². The summed E-state index contributed by atoms with van der Waals surface area (Å²) in [5.41, 5.74) is 1.81. The van der Waals surface area contributed by atoms with E-state index in [0.717, 1.165) is 29.3 Å². The lowest BCUT2D eigenvalue weighted by molar-refractivity contribution is -0.125. The van der Waals surface area contributed by atoms with Crippen molar-refractivity contribution in [3.8, 4) is 0 Å². The average molecular weight is 385 g/mol. The van der Waals surface area contributed by atoms with Crippen LogP contribution in [0.2, 0.25) is 0 Å². The van der Waals surface area contributed by atoms with Gasteiger partial charge in [-0.25, -0.2) is 0 Å². The van der Waals surface area contributed by atoms with Crippen LogP contribution in [0.25, 0.3) is 0 Å². The first kappa shape index (κ1) is 17.1. The van der Waals surface area contributed by atoms with Gasteiger partial charge < -0.3 is 0 Å². The van der Waals surface area contributed by atoms with Crippen molar-refractivity contribution in [3.63, 3.8) is 0 Å². The molecule has 0 aliphatic heterocycles. The topological polar surface area (TPSA) is 34.1 Å². The third kappa shape index (κ3) is 4.02. The van der Waals surface area contributed by atoms with Crippen LogP contribution < -0.4 is 0 Å². The van der Waals surface area contributed by atoms with E-state index in [4.69, 9.17) is 0 Å². The van der Waals surface area contributed by atoms with E-state index in [1.165, 1.54) is 0 Å². The predicted octanol–water partition coefficient (Wildman–Crippen LogP) is 5.57. The van der Waals surface area contributed by atoms with E-state index in [-0.39, 0.29) is 17.6 Å². The number of halogens is 1. The van der Waals surface area contributed by atoms with Crippen LogP contribution in [-0.4, -0.2) is 11.6 Å². The van der Waals surface area contributed by atoms with Gasteiger partial charge in [0.2, 0.25) is 0 Å². The minimum absolute atomic E-state index is 0.0184. The molecule has 2 aromatic carbocycles. The number of ketones is 2. The first-order valence-electron chi connectivity index (χ1n) is 8.51. The Balaban J connectivity index is 1.85. The highest BCUT2D eigenvalue weighted by Gasteiger charge is 2.32. The summed E-state index contributed by atoms with van der Waals surface area (Å²) in [5, 5.41) is 0. The molecule has 0 amide bonds. The van der Waals surface area contributed by atoms with Crippen LogP contribution in [-0.2, 0) is 4.79 Å². The minimum atomic E-state index is -0.0273. The molecular formula is C21H21BrO2. The van der Waals surface area contributed by atoms with Crippen LogP contribution in [0.15, 0.2) is 59.1 Å². The lowest BCUT2D eigenvalue weighted by Crippen LogP contribution is -2.27. The van der Waals surface area contributed by atoms with Gasteiger partial charge in [-0.2, -0.15) is 0 Å². The zero-order chi connectivity index (χ0) is 16.9. The molecule has 3 rings (SSSR count). The Hall–Kier alpha value is -1.74. The van der Waals surface area contributed by atoms with Gasteiger partial charge in [0.15, 0.2) is 5.78 Å². The summed E-state index contributed by atoms with van der Waals surface area (Å²) >= 11 is 3.40. The highest BCUT2D eigenvalue weighted by molar-refractivity contribution is 9.10. The van der Waals surface area contributed by atoms with Gasteiger partial charge in [0.25, 0.3) is 0 Å². The second-order valence-electron chi connectivity index (χ2n) is 6.47. The number of hydrogen-bond donors (Lipinski definition) is 0. The maximum absolute atomic E-state index is 12.8. The van der Waals surface area contributed by atoms with E-state index in [1.54, 1.807) is 0 Å². The van der Waals surface area contributed by atoms with Crippen LogP contribution in [0, 0.1) is 5.92 Å². The van der Waals surface area contributed by atoms with Gasteiger partial charge in [-0.05, 0) is 30.5 Å². The lowest BCUT2D eigenvalue weighted by atomic mass is 9.73. The van der Waals surface area contributed by atoms with Crippen LogP contribution in [0.4, 0.5) is 0 Å². The zero-order valence-electron chi connectivity index (χ0n) is 13.6. The molecule has 0 bridgehead atoms. The van der Waals surface area contributed by atoms with Gasteiger partial charge in [0.1, 0.15) is 5.78 Å². The summed E-state index contributed by atoms with van der Waals surface area (Å²) in [6.07, 6.45) is 4.00.